The molecule has 0 saturated heterocycles. The van der Waals surface area contributed by atoms with Crippen LogP contribution in [0.2, 0.25) is 0 Å². The molecule has 0 aromatic carbocycles. The first-order chi connectivity index (χ1) is 38.5. The van der Waals surface area contributed by atoms with Gasteiger partial charge in [-0.15, -0.1) is 0 Å². The van der Waals surface area contributed by atoms with E-state index in [1.165, 1.54) is 327 Å². The van der Waals surface area contributed by atoms with E-state index in [1.807, 2.05) is 0 Å². The van der Waals surface area contributed by atoms with Crippen LogP contribution in [0.4, 0.5) is 0 Å². The predicted octanol–water partition coefficient (Wildman–Crippen LogP) is 22.1. The number of aliphatic hydroxyl groups is 4. The molecular formula is C72H141NO5. The SMILES string of the molecule is CCCCCCCCCCC/C=C\C/C=C\CCCCCCCCCCCCCCCCC(O)C(=O)NC(CO)C(O)C(O)CCCCCCCCCCCCCCCCCCCCCCCCCCCCCCCCCC. The van der Waals surface area contributed by atoms with Crippen molar-refractivity contribution in [2.24, 2.45) is 0 Å². The molecule has 0 rings (SSSR count). The number of allylic oxidation sites excluding steroid dienone is 4. The fourth-order valence-corrected chi connectivity index (χ4v) is 11.6. The van der Waals surface area contributed by atoms with Gasteiger partial charge in [0.15, 0.2) is 0 Å². The van der Waals surface area contributed by atoms with E-state index in [4.69, 9.17) is 0 Å². The molecule has 0 fully saturated rings. The molecule has 4 atom stereocenters. The molecule has 78 heavy (non-hydrogen) atoms. The van der Waals surface area contributed by atoms with Gasteiger partial charge in [0.2, 0.25) is 5.91 Å². The summed E-state index contributed by atoms with van der Waals surface area (Å²) in [6, 6.07) is -0.986. The van der Waals surface area contributed by atoms with Crippen LogP contribution in [0.1, 0.15) is 399 Å². The lowest BCUT2D eigenvalue weighted by Gasteiger charge is -2.27. The summed E-state index contributed by atoms with van der Waals surface area (Å²) in [5, 5.41) is 44.3. The zero-order valence-corrected chi connectivity index (χ0v) is 52.9. The zero-order chi connectivity index (χ0) is 56.6. The molecule has 0 saturated carbocycles. The van der Waals surface area contributed by atoms with Crippen LogP contribution in [0.3, 0.4) is 0 Å². The van der Waals surface area contributed by atoms with Gasteiger partial charge in [0, 0.05) is 0 Å². The third kappa shape index (κ3) is 59.4. The Bertz CT molecular complexity index is 1190. The quantitative estimate of drug-likeness (QED) is 0.0308. The molecule has 0 radical (unpaired) electrons. The summed E-state index contributed by atoms with van der Waals surface area (Å²) in [4.78, 5) is 12.7. The Morgan fingerprint density at radius 2 is 0.551 bits per heavy atom. The van der Waals surface area contributed by atoms with Crippen molar-refractivity contribution in [3.63, 3.8) is 0 Å². The molecule has 6 nitrogen and oxygen atoms in total. The Morgan fingerprint density at radius 1 is 0.321 bits per heavy atom. The molecule has 4 unspecified atom stereocenters. The molecule has 5 N–H and O–H groups in total. The molecule has 6 heteroatoms. The molecule has 0 aromatic rings. The van der Waals surface area contributed by atoms with E-state index in [1.54, 1.807) is 0 Å². The normalized spacial score (nSPS) is 13.6. The molecule has 0 aliphatic rings. The largest absolute Gasteiger partial charge is 0.394 e. The van der Waals surface area contributed by atoms with E-state index in [9.17, 15) is 25.2 Å². The third-order valence-electron chi connectivity index (χ3n) is 17.2. The van der Waals surface area contributed by atoms with Gasteiger partial charge in [-0.25, -0.2) is 0 Å². The van der Waals surface area contributed by atoms with Crippen LogP contribution in [0.15, 0.2) is 24.3 Å². The molecule has 464 valence electrons. The van der Waals surface area contributed by atoms with Crippen molar-refractivity contribution >= 4 is 5.91 Å². The minimum atomic E-state index is -1.26. The van der Waals surface area contributed by atoms with Crippen molar-refractivity contribution in [1.82, 2.24) is 5.32 Å². The number of rotatable bonds is 67. The van der Waals surface area contributed by atoms with Crippen molar-refractivity contribution in [3.05, 3.63) is 24.3 Å². The maximum atomic E-state index is 12.7. The topological polar surface area (TPSA) is 110 Å². The van der Waals surface area contributed by atoms with Gasteiger partial charge in [-0.2, -0.15) is 0 Å². The van der Waals surface area contributed by atoms with Crippen molar-refractivity contribution in [2.75, 3.05) is 6.61 Å². The van der Waals surface area contributed by atoms with Gasteiger partial charge in [-0.05, 0) is 44.9 Å². The molecule has 0 aromatic heterocycles. The molecule has 0 bridgehead atoms. The Balaban J connectivity index is 3.53. The monoisotopic (exact) mass is 1100 g/mol. The maximum absolute atomic E-state index is 12.7. The lowest BCUT2D eigenvalue weighted by atomic mass is 9.99. The summed E-state index contributed by atoms with van der Waals surface area (Å²) < 4.78 is 0. The minimum absolute atomic E-state index is 0.371. The second-order valence-electron chi connectivity index (χ2n) is 24.9. The fourth-order valence-electron chi connectivity index (χ4n) is 11.6. The Kier molecular flexibility index (Phi) is 65.6. The fraction of sp³-hybridized carbons (Fsp3) is 0.931. The summed E-state index contributed by atoms with van der Waals surface area (Å²) in [6.45, 7) is 4.11. The van der Waals surface area contributed by atoms with Crippen LogP contribution in [-0.4, -0.2) is 57.3 Å². The summed E-state index contributed by atoms with van der Waals surface area (Å²) in [5.74, 6) is -0.577. The zero-order valence-electron chi connectivity index (χ0n) is 52.9. The van der Waals surface area contributed by atoms with Crippen LogP contribution in [0.5, 0.6) is 0 Å². The highest BCUT2D eigenvalue weighted by Gasteiger charge is 2.28. The second-order valence-corrected chi connectivity index (χ2v) is 24.9. The average Bonchev–Trinajstić information content (AvgIpc) is 3.45. The summed E-state index contributed by atoms with van der Waals surface area (Å²) in [5.41, 5.74) is 0. The van der Waals surface area contributed by atoms with Crippen molar-refractivity contribution in [2.45, 2.75) is 423 Å². The third-order valence-corrected chi connectivity index (χ3v) is 17.2. The lowest BCUT2D eigenvalue weighted by Crippen LogP contribution is -2.53. The van der Waals surface area contributed by atoms with E-state index in [-0.39, 0.29) is 0 Å². The number of carbonyl (C=O) groups excluding carboxylic acids is 1. The first-order valence-corrected chi connectivity index (χ1v) is 35.7. The lowest BCUT2D eigenvalue weighted by molar-refractivity contribution is -0.132. The standard InChI is InChI=1S/C72H141NO5/c1-3-5-7-9-11-13-15-17-19-21-23-25-27-29-31-33-35-36-38-39-41-43-45-47-49-51-53-55-57-59-61-63-65-69(75)71(77)68(67-74)73-72(78)70(76)66-64-62-60-58-56-54-52-50-48-46-44-42-40-37-34-32-30-28-26-24-22-20-18-16-14-12-10-8-6-4-2/h24,26,30,32,68-71,74-77H,3-23,25,27-29,31,33-67H2,1-2H3,(H,73,78)/b26-24-,32-30-. The summed E-state index contributed by atoms with van der Waals surface area (Å²) >= 11 is 0. The first-order valence-electron chi connectivity index (χ1n) is 35.7. The van der Waals surface area contributed by atoms with Crippen molar-refractivity contribution in [3.8, 4) is 0 Å². The van der Waals surface area contributed by atoms with E-state index in [0.29, 0.717) is 12.8 Å². The number of unbranched alkanes of at least 4 members (excludes halogenated alkanes) is 54. The van der Waals surface area contributed by atoms with E-state index >= 15 is 0 Å². The molecule has 0 heterocycles. The Labute approximate surface area is 488 Å². The van der Waals surface area contributed by atoms with Crippen LogP contribution in [-0.2, 0) is 4.79 Å². The minimum Gasteiger partial charge on any atom is -0.394 e. The Hall–Kier alpha value is -1.21. The van der Waals surface area contributed by atoms with Crippen LogP contribution in [0, 0.1) is 0 Å². The first kappa shape index (κ1) is 76.8. The van der Waals surface area contributed by atoms with Gasteiger partial charge in [0.05, 0.1) is 18.8 Å². The molecule has 1 amide bonds. The highest BCUT2D eigenvalue weighted by Crippen LogP contribution is 2.20. The highest BCUT2D eigenvalue weighted by molar-refractivity contribution is 5.80. The van der Waals surface area contributed by atoms with Crippen LogP contribution in [0.25, 0.3) is 0 Å². The number of hydrogen-bond acceptors (Lipinski definition) is 5. The van der Waals surface area contributed by atoms with Crippen molar-refractivity contribution in [1.29, 1.82) is 0 Å². The van der Waals surface area contributed by atoms with Gasteiger partial charge in [0.1, 0.15) is 12.2 Å². The van der Waals surface area contributed by atoms with Gasteiger partial charge in [-0.1, -0.05) is 378 Å². The number of aliphatic hydroxyl groups excluding tert-OH is 4. The van der Waals surface area contributed by atoms with Crippen molar-refractivity contribution < 1.29 is 25.2 Å². The van der Waals surface area contributed by atoms with Gasteiger partial charge in [0.25, 0.3) is 0 Å². The predicted molar refractivity (Wildman–Crippen MR) is 344 cm³/mol. The Morgan fingerprint density at radius 3 is 0.808 bits per heavy atom. The highest BCUT2D eigenvalue weighted by atomic mass is 16.3. The number of carbonyl (C=O) groups is 1. The summed E-state index contributed by atoms with van der Waals surface area (Å²) in [6.07, 6.45) is 84.5. The molecule has 0 aliphatic carbocycles. The van der Waals surface area contributed by atoms with Crippen LogP contribution < -0.4 is 5.32 Å². The van der Waals surface area contributed by atoms with Gasteiger partial charge >= 0.3 is 0 Å². The van der Waals surface area contributed by atoms with E-state index in [0.717, 1.165) is 44.9 Å². The summed E-state index contributed by atoms with van der Waals surface area (Å²) in [7, 11) is 0. The number of nitrogens with one attached hydrogen (secondary N) is 1. The molecule has 0 spiro atoms. The maximum Gasteiger partial charge on any atom is 0.249 e. The average molecular weight is 1100 g/mol. The number of amides is 1. The van der Waals surface area contributed by atoms with E-state index < -0.39 is 36.9 Å². The van der Waals surface area contributed by atoms with E-state index in [2.05, 4.69) is 43.5 Å². The van der Waals surface area contributed by atoms with Gasteiger partial charge in [-0.3, -0.25) is 4.79 Å². The molecule has 0 aliphatic heterocycles. The number of hydrogen-bond donors (Lipinski definition) is 5. The smallest absolute Gasteiger partial charge is 0.249 e. The second kappa shape index (κ2) is 66.6. The van der Waals surface area contributed by atoms with Crippen LogP contribution >= 0.6 is 0 Å². The molecular weight excluding hydrogens is 959 g/mol. The van der Waals surface area contributed by atoms with Gasteiger partial charge < -0.3 is 25.7 Å².